The van der Waals surface area contributed by atoms with Gasteiger partial charge in [-0.1, -0.05) is 30.3 Å². The van der Waals surface area contributed by atoms with E-state index in [1.54, 1.807) is 54.6 Å². The summed E-state index contributed by atoms with van der Waals surface area (Å²) >= 11 is 0. The van der Waals surface area contributed by atoms with Crippen LogP contribution in [0.5, 0.6) is 5.75 Å². The van der Waals surface area contributed by atoms with Crippen molar-refractivity contribution in [3.8, 4) is 5.75 Å². The molecule has 160 valence electrons. The third-order valence-corrected chi connectivity index (χ3v) is 5.32. The Morgan fingerprint density at radius 2 is 1.44 bits per heavy atom. The van der Waals surface area contributed by atoms with E-state index in [-0.39, 0.29) is 16.9 Å². The van der Waals surface area contributed by atoms with Gasteiger partial charge in [0.15, 0.2) is 0 Å². The summed E-state index contributed by atoms with van der Waals surface area (Å²) in [5.74, 6) is -2.45. The molecule has 0 bridgehead atoms. The molecular formula is C25H19NO6. The Balaban J connectivity index is 1.88. The quantitative estimate of drug-likeness (QED) is 0.361. The molecular weight excluding hydrogens is 410 g/mol. The number of rotatable bonds is 5. The summed E-state index contributed by atoms with van der Waals surface area (Å²) < 4.78 is 5.14. The Morgan fingerprint density at radius 1 is 0.844 bits per heavy atom. The molecule has 0 saturated carbocycles. The van der Waals surface area contributed by atoms with Gasteiger partial charge in [-0.05, 0) is 54.1 Å². The molecule has 0 spiro atoms. The van der Waals surface area contributed by atoms with Crippen LogP contribution >= 0.6 is 0 Å². The molecule has 2 N–H and O–H groups in total. The van der Waals surface area contributed by atoms with Crippen LogP contribution in [-0.4, -0.2) is 35.0 Å². The molecule has 1 atom stereocenters. The second-order valence-electron chi connectivity index (χ2n) is 7.16. The molecule has 0 aromatic heterocycles. The smallest absolute Gasteiger partial charge is 0.335 e. The molecule has 3 aromatic carbocycles. The van der Waals surface area contributed by atoms with Gasteiger partial charge in [-0.2, -0.15) is 0 Å². The van der Waals surface area contributed by atoms with E-state index in [4.69, 9.17) is 9.84 Å². The Kier molecular flexibility index (Phi) is 5.47. The first-order chi connectivity index (χ1) is 15.4. The lowest BCUT2D eigenvalue weighted by Crippen LogP contribution is -2.29. The largest absolute Gasteiger partial charge is 0.507 e. The number of carboxylic acids is 1. The first kappa shape index (κ1) is 20.9. The zero-order valence-electron chi connectivity index (χ0n) is 17.1. The molecule has 3 aromatic rings. The number of aromatic carboxylic acids is 1. The number of ether oxygens (including phenoxy) is 1. The molecule has 7 heteroatoms. The van der Waals surface area contributed by atoms with E-state index in [0.717, 1.165) is 0 Å². The predicted octanol–water partition coefficient (Wildman–Crippen LogP) is 4.02. The van der Waals surface area contributed by atoms with E-state index in [2.05, 4.69) is 0 Å². The van der Waals surface area contributed by atoms with Gasteiger partial charge >= 0.3 is 5.97 Å². The van der Waals surface area contributed by atoms with Crippen molar-refractivity contribution in [2.45, 2.75) is 6.04 Å². The Morgan fingerprint density at radius 3 is 2.00 bits per heavy atom. The summed E-state index contributed by atoms with van der Waals surface area (Å²) in [6.45, 7) is 0. The van der Waals surface area contributed by atoms with Crippen LogP contribution in [0.3, 0.4) is 0 Å². The number of aliphatic hydroxyl groups is 1. The molecule has 1 unspecified atom stereocenters. The summed E-state index contributed by atoms with van der Waals surface area (Å²) in [6, 6.07) is 20.2. The van der Waals surface area contributed by atoms with Crippen molar-refractivity contribution in [3.63, 3.8) is 0 Å². The number of ketones is 1. The highest BCUT2D eigenvalue weighted by atomic mass is 16.5. The molecule has 1 saturated heterocycles. The van der Waals surface area contributed by atoms with Gasteiger partial charge in [-0.3, -0.25) is 14.5 Å². The number of anilines is 1. The molecule has 1 aliphatic heterocycles. The number of amides is 1. The normalized spacial score (nSPS) is 17.4. The highest BCUT2D eigenvalue weighted by molar-refractivity contribution is 6.51. The third-order valence-electron chi connectivity index (χ3n) is 5.32. The zero-order chi connectivity index (χ0) is 22.8. The predicted molar refractivity (Wildman–Crippen MR) is 118 cm³/mol. The molecule has 1 amide bonds. The Bertz CT molecular complexity index is 1210. The summed E-state index contributed by atoms with van der Waals surface area (Å²) in [5, 5.41) is 20.2. The third kappa shape index (κ3) is 3.60. The fourth-order valence-electron chi connectivity index (χ4n) is 3.72. The fourth-order valence-corrected chi connectivity index (χ4v) is 3.72. The van der Waals surface area contributed by atoms with E-state index in [1.165, 1.54) is 36.3 Å². The minimum atomic E-state index is -1.10. The lowest BCUT2D eigenvalue weighted by molar-refractivity contribution is -0.132. The van der Waals surface area contributed by atoms with Crippen molar-refractivity contribution in [2.75, 3.05) is 12.0 Å². The monoisotopic (exact) mass is 429 g/mol. The van der Waals surface area contributed by atoms with Gasteiger partial charge in [0.25, 0.3) is 11.7 Å². The van der Waals surface area contributed by atoms with Gasteiger partial charge in [0.2, 0.25) is 0 Å². The molecule has 0 radical (unpaired) electrons. The maximum absolute atomic E-state index is 13.1. The zero-order valence-corrected chi connectivity index (χ0v) is 17.1. The van der Waals surface area contributed by atoms with Crippen LogP contribution in [0.25, 0.3) is 5.76 Å². The van der Waals surface area contributed by atoms with Gasteiger partial charge in [0.05, 0.1) is 24.3 Å². The number of benzene rings is 3. The SMILES string of the molecule is COc1ccc(/C(O)=C2/C(=O)C(=O)N(c3ccc(C(=O)O)cc3)C2c2ccccc2)cc1. The average Bonchev–Trinajstić information content (AvgIpc) is 3.09. The van der Waals surface area contributed by atoms with E-state index >= 15 is 0 Å². The second kappa shape index (κ2) is 8.39. The number of carbonyl (C=O) groups excluding carboxylic acids is 2. The highest BCUT2D eigenvalue weighted by Crippen LogP contribution is 2.42. The lowest BCUT2D eigenvalue weighted by Gasteiger charge is -2.25. The number of carboxylic acid groups (broad SMARTS) is 1. The highest BCUT2D eigenvalue weighted by Gasteiger charge is 2.46. The standard InChI is InChI=1S/C25H19NO6/c1-32-19-13-9-16(10-14-19)22(27)20-21(15-5-3-2-4-6-15)26(24(29)23(20)28)18-11-7-17(8-12-18)25(30)31/h2-14,21,27H,1H3,(H,30,31)/b22-20-. The van der Waals surface area contributed by atoms with Crippen LogP contribution < -0.4 is 9.64 Å². The summed E-state index contributed by atoms with van der Waals surface area (Å²) in [4.78, 5) is 38.6. The van der Waals surface area contributed by atoms with Gasteiger partial charge in [-0.25, -0.2) is 4.79 Å². The van der Waals surface area contributed by atoms with Crippen LogP contribution in [0, 0.1) is 0 Å². The van der Waals surface area contributed by atoms with Crippen molar-refractivity contribution in [1.82, 2.24) is 0 Å². The molecule has 1 heterocycles. The second-order valence-corrected chi connectivity index (χ2v) is 7.16. The van der Waals surface area contributed by atoms with Crippen LogP contribution in [-0.2, 0) is 9.59 Å². The molecule has 1 fully saturated rings. The van der Waals surface area contributed by atoms with Gasteiger partial charge in [0.1, 0.15) is 11.5 Å². The van der Waals surface area contributed by atoms with Crippen molar-refractivity contribution in [3.05, 3.63) is 101 Å². The van der Waals surface area contributed by atoms with Crippen LogP contribution in [0.4, 0.5) is 5.69 Å². The fraction of sp³-hybridized carbons (Fsp3) is 0.0800. The number of methoxy groups -OCH3 is 1. The van der Waals surface area contributed by atoms with Gasteiger partial charge in [0, 0.05) is 11.3 Å². The number of aliphatic hydroxyl groups excluding tert-OH is 1. The summed E-state index contributed by atoms with van der Waals surface area (Å²) in [7, 11) is 1.52. The maximum Gasteiger partial charge on any atom is 0.335 e. The van der Waals surface area contributed by atoms with Crippen LogP contribution in [0.15, 0.2) is 84.4 Å². The topological polar surface area (TPSA) is 104 Å². The molecule has 0 aliphatic carbocycles. The van der Waals surface area contributed by atoms with E-state index in [1.807, 2.05) is 0 Å². The van der Waals surface area contributed by atoms with Crippen molar-refractivity contribution < 1.29 is 29.3 Å². The van der Waals surface area contributed by atoms with E-state index in [9.17, 15) is 19.5 Å². The number of nitrogens with zero attached hydrogens (tertiary/aromatic N) is 1. The summed E-state index contributed by atoms with van der Waals surface area (Å²) in [6.07, 6.45) is 0. The van der Waals surface area contributed by atoms with Crippen molar-refractivity contribution in [1.29, 1.82) is 0 Å². The number of carbonyl (C=O) groups is 3. The maximum atomic E-state index is 13.1. The molecule has 4 rings (SSSR count). The number of hydrogen-bond donors (Lipinski definition) is 2. The Hall–Kier alpha value is -4.39. The van der Waals surface area contributed by atoms with Crippen LogP contribution in [0.2, 0.25) is 0 Å². The van der Waals surface area contributed by atoms with E-state index in [0.29, 0.717) is 22.6 Å². The lowest BCUT2D eigenvalue weighted by atomic mass is 9.95. The minimum Gasteiger partial charge on any atom is -0.507 e. The van der Waals surface area contributed by atoms with Crippen molar-refractivity contribution >= 4 is 29.1 Å². The molecule has 1 aliphatic rings. The first-order valence-corrected chi connectivity index (χ1v) is 9.76. The molecule has 32 heavy (non-hydrogen) atoms. The van der Waals surface area contributed by atoms with Crippen molar-refractivity contribution in [2.24, 2.45) is 0 Å². The van der Waals surface area contributed by atoms with Gasteiger partial charge in [-0.15, -0.1) is 0 Å². The van der Waals surface area contributed by atoms with Crippen LogP contribution in [0.1, 0.15) is 27.5 Å². The minimum absolute atomic E-state index is 0.0475. The average molecular weight is 429 g/mol. The first-order valence-electron chi connectivity index (χ1n) is 9.76. The van der Waals surface area contributed by atoms with Gasteiger partial charge < -0.3 is 14.9 Å². The van der Waals surface area contributed by atoms with E-state index < -0.39 is 23.7 Å². The number of Topliss-reactive ketones (excluding diaryl/α,β-unsaturated/α-hetero) is 1. The summed E-state index contributed by atoms with van der Waals surface area (Å²) in [5.41, 5.74) is 1.35. The number of hydrogen-bond acceptors (Lipinski definition) is 5. The Labute approximate surface area is 183 Å². The molecule has 7 nitrogen and oxygen atoms in total.